The summed E-state index contributed by atoms with van der Waals surface area (Å²) in [5, 5.41) is 0. The predicted molar refractivity (Wildman–Crippen MR) is 62.0 cm³/mol. The van der Waals surface area contributed by atoms with Crippen molar-refractivity contribution in [3.05, 3.63) is 12.2 Å². The van der Waals surface area contributed by atoms with Gasteiger partial charge >= 0.3 is 11.9 Å². The van der Waals surface area contributed by atoms with Gasteiger partial charge in [0.1, 0.15) is 18.8 Å². The van der Waals surface area contributed by atoms with Gasteiger partial charge in [0.15, 0.2) is 0 Å². The van der Waals surface area contributed by atoms with E-state index in [0.29, 0.717) is 0 Å². The van der Waals surface area contributed by atoms with Gasteiger partial charge in [-0.1, -0.05) is 11.8 Å². The van der Waals surface area contributed by atoms with Crippen LogP contribution in [0.15, 0.2) is 12.2 Å². The number of hydrogen-bond acceptors (Lipinski definition) is 5. The Morgan fingerprint density at radius 1 is 1.39 bits per heavy atom. The fourth-order valence-electron chi connectivity index (χ4n) is 0.959. The molecule has 0 saturated carbocycles. The van der Waals surface area contributed by atoms with Crippen LogP contribution >= 0.6 is 0 Å². The van der Waals surface area contributed by atoms with Crippen LogP contribution in [-0.4, -0.2) is 37.9 Å². The highest BCUT2D eigenvalue weighted by molar-refractivity contribution is 5.82. The molecule has 1 aliphatic rings. The summed E-state index contributed by atoms with van der Waals surface area (Å²) in [7, 11) is 1.29. The molecule has 0 bridgehead atoms. The first-order valence-electron chi connectivity index (χ1n) is 5.18. The molecule has 0 aliphatic carbocycles. The molecular weight excluding hydrogens is 236 g/mol. The number of esters is 2. The van der Waals surface area contributed by atoms with Crippen molar-refractivity contribution < 1.29 is 23.8 Å². The first-order chi connectivity index (χ1) is 8.63. The molecule has 1 fully saturated rings. The van der Waals surface area contributed by atoms with Gasteiger partial charge in [-0.2, -0.15) is 0 Å². The van der Waals surface area contributed by atoms with E-state index in [2.05, 4.69) is 28.4 Å². The molecule has 0 radical (unpaired) electrons. The number of carbonyl (C=O) groups excluding carboxylic acids is 2. The summed E-state index contributed by atoms with van der Waals surface area (Å²) < 4.78 is 14.2. The van der Waals surface area contributed by atoms with Crippen molar-refractivity contribution in [2.24, 2.45) is 0 Å². The molecule has 0 N–H and O–H groups in total. The molecule has 0 spiro atoms. The first kappa shape index (κ1) is 13.8. The van der Waals surface area contributed by atoms with Crippen molar-refractivity contribution in [2.45, 2.75) is 19.1 Å². The van der Waals surface area contributed by atoms with E-state index in [1.807, 2.05) is 0 Å². The third-order valence-corrected chi connectivity index (χ3v) is 1.89. The molecule has 18 heavy (non-hydrogen) atoms. The van der Waals surface area contributed by atoms with Gasteiger partial charge in [-0.15, -0.1) is 0 Å². The summed E-state index contributed by atoms with van der Waals surface area (Å²) in [4.78, 5) is 21.2. The van der Waals surface area contributed by atoms with E-state index in [4.69, 9.17) is 9.47 Å². The van der Waals surface area contributed by atoms with Crippen molar-refractivity contribution in [1.29, 1.82) is 0 Å². The van der Waals surface area contributed by atoms with Crippen LogP contribution in [0.5, 0.6) is 0 Å². The van der Waals surface area contributed by atoms with Crippen molar-refractivity contribution in [3.8, 4) is 23.7 Å². The summed E-state index contributed by atoms with van der Waals surface area (Å²) in [5.41, 5.74) is 0. The van der Waals surface area contributed by atoms with E-state index in [0.717, 1.165) is 0 Å². The highest BCUT2D eigenvalue weighted by Crippen LogP contribution is 2.20. The lowest BCUT2D eigenvalue weighted by Gasteiger charge is -1.94. The Hall–Kier alpha value is -2.24. The Bertz CT molecular complexity index is 469. The van der Waals surface area contributed by atoms with Crippen LogP contribution in [0.4, 0.5) is 0 Å². The highest BCUT2D eigenvalue weighted by Gasteiger charge is 2.38. The monoisotopic (exact) mass is 248 g/mol. The third-order valence-electron chi connectivity index (χ3n) is 1.89. The van der Waals surface area contributed by atoms with Gasteiger partial charge in [-0.05, 0) is 17.9 Å². The largest absolute Gasteiger partial charge is 0.466 e. The normalized spacial score (nSPS) is 20.1. The Kier molecular flexibility index (Phi) is 5.50. The number of methoxy groups -OCH3 is 1. The van der Waals surface area contributed by atoms with Gasteiger partial charge in [0.25, 0.3) is 0 Å². The number of hydrogen-bond donors (Lipinski definition) is 0. The lowest BCUT2D eigenvalue weighted by atomic mass is 10.3. The van der Waals surface area contributed by atoms with Crippen LogP contribution in [0.25, 0.3) is 0 Å². The van der Waals surface area contributed by atoms with Crippen LogP contribution in [0.1, 0.15) is 6.92 Å². The molecule has 0 aromatic rings. The zero-order valence-corrected chi connectivity index (χ0v) is 10.1. The summed E-state index contributed by atoms with van der Waals surface area (Å²) in [6.45, 7) is 1.55. The summed E-state index contributed by atoms with van der Waals surface area (Å²) in [6, 6.07) is 0. The number of ether oxygens (including phenoxy) is 3. The maximum absolute atomic E-state index is 10.7. The quantitative estimate of drug-likeness (QED) is 0.306. The third kappa shape index (κ3) is 5.74. The Morgan fingerprint density at radius 3 is 2.83 bits per heavy atom. The van der Waals surface area contributed by atoms with Gasteiger partial charge in [0, 0.05) is 13.0 Å². The Labute approximate surface area is 105 Å². The van der Waals surface area contributed by atoms with Gasteiger partial charge in [-0.3, -0.25) is 4.79 Å². The number of carbonyl (C=O) groups is 2. The van der Waals surface area contributed by atoms with Gasteiger partial charge in [0.05, 0.1) is 7.11 Å². The van der Waals surface area contributed by atoms with E-state index in [9.17, 15) is 9.59 Å². The molecule has 2 atom stereocenters. The summed E-state index contributed by atoms with van der Waals surface area (Å²) >= 11 is 0. The van der Waals surface area contributed by atoms with Crippen LogP contribution < -0.4 is 0 Å². The minimum atomic E-state index is -0.468. The standard InChI is InChI=1S/C13H12O5/c1-10(14)17-9-12-11(18-12)7-5-3-4-6-8-13(15)16-2/h6,8,11-12H,9H2,1-2H3. The fraction of sp³-hybridized carbons (Fsp3) is 0.385. The second-order valence-electron chi connectivity index (χ2n) is 3.29. The minimum absolute atomic E-state index is 0.159. The van der Waals surface area contributed by atoms with E-state index in [1.54, 1.807) is 0 Å². The van der Waals surface area contributed by atoms with Crippen molar-refractivity contribution in [2.75, 3.05) is 13.7 Å². The Balaban J connectivity index is 2.24. The lowest BCUT2D eigenvalue weighted by Crippen LogP contribution is -2.07. The van der Waals surface area contributed by atoms with Crippen LogP contribution in [0, 0.1) is 23.7 Å². The molecule has 1 heterocycles. The number of epoxide rings is 1. The molecule has 2 unspecified atom stereocenters. The van der Waals surface area contributed by atoms with E-state index in [-0.39, 0.29) is 24.8 Å². The minimum Gasteiger partial charge on any atom is -0.466 e. The van der Waals surface area contributed by atoms with E-state index >= 15 is 0 Å². The highest BCUT2D eigenvalue weighted by atomic mass is 16.6. The smallest absolute Gasteiger partial charge is 0.331 e. The molecule has 1 rings (SSSR count). The summed E-state index contributed by atoms with van der Waals surface area (Å²) in [6.07, 6.45) is 2.16. The van der Waals surface area contributed by atoms with Crippen LogP contribution in [-0.2, 0) is 23.8 Å². The number of rotatable bonds is 3. The van der Waals surface area contributed by atoms with Crippen molar-refractivity contribution in [1.82, 2.24) is 0 Å². The average molecular weight is 248 g/mol. The molecule has 0 aromatic carbocycles. The molecule has 1 saturated heterocycles. The fourth-order valence-corrected chi connectivity index (χ4v) is 0.959. The summed E-state index contributed by atoms with van der Waals surface area (Å²) in [5.74, 6) is 9.59. The molecule has 94 valence electrons. The molecule has 0 amide bonds. The maximum Gasteiger partial charge on any atom is 0.331 e. The zero-order chi connectivity index (χ0) is 13.4. The first-order valence-corrected chi connectivity index (χ1v) is 5.18. The van der Waals surface area contributed by atoms with E-state index in [1.165, 1.54) is 26.2 Å². The topological polar surface area (TPSA) is 65.1 Å². The van der Waals surface area contributed by atoms with Crippen molar-refractivity contribution in [3.63, 3.8) is 0 Å². The average Bonchev–Trinajstić information content (AvgIpc) is 3.09. The van der Waals surface area contributed by atoms with E-state index < -0.39 is 5.97 Å². The molecule has 5 heteroatoms. The van der Waals surface area contributed by atoms with Crippen LogP contribution in [0.3, 0.4) is 0 Å². The number of allylic oxidation sites excluding steroid dienone is 1. The zero-order valence-electron chi connectivity index (χ0n) is 10.1. The Morgan fingerprint density at radius 2 is 2.17 bits per heavy atom. The SMILES string of the molecule is COC(=O)C=CC#CC#CC1OC1COC(C)=O. The van der Waals surface area contributed by atoms with Gasteiger partial charge in [0.2, 0.25) is 0 Å². The predicted octanol–water partition coefficient (Wildman–Crippen LogP) is 0.0529. The molecular formula is C13H12O5. The molecule has 1 aliphatic heterocycles. The van der Waals surface area contributed by atoms with Crippen molar-refractivity contribution >= 4 is 11.9 Å². The lowest BCUT2D eigenvalue weighted by molar-refractivity contribution is -0.141. The second-order valence-corrected chi connectivity index (χ2v) is 3.29. The van der Waals surface area contributed by atoms with Gasteiger partial charge in [-0.25, -0.2) is 4.79 Å². The second kappa shape index (κ2) is 7.16. The molecule has 0 aromatic heterocycles. The molecule has 5 nitrogen and oxygen atoms in total. The maximum atomic E-state index is 10.7. The van der Waals surface area contributed by atoms with Gasteiger partial charge < -0.3 is 14.2 Å². The van der Waals surface area contributed by atoms with Crippen LogP contribution in [0.2, 0.25) is 0 Å².